The fourth-order valence-electron chi connectivity index (χ4n) is 2.33. The summed E-state index contributed by atoms with van der Waals surface area (Å²) >= 11 is 7.08. The minimum Gasteiger partial charge on any atom is -0.496 e. The van der Waals surface area contributed by atoms with Gasteiger partial charge in [-0.05, 0) is 18.2 Å². The van der Waals surface area contributed by atoms with Crippen LogP contribution in [0.2, 0.25) is 0 Å². The molecule has 1 saturated heterocycles. The summed E-state index contributed by atoms with van der Waals surface area (Å²) in [6.45, 7) is 5.41. The number of hydrogen-bond donors (Lipinski definition) is 1. The summed E-state index contributed by atoms with van der Waals surface area (Å²) in [6, 6.07) is 5.92. The molecular formula is C14H20N2OS2. The van der Waals surface area contributed by atoms with Gasteiger partial charge in [-0.3, -0.25) is 4.90 Å². The largest absolute Gasteiger partial charge is 0.496 e. The van der Waals surface area contributed by atoms with Crippen LogP contribution in [0.5, 0.6) is 5.75 Å². The van der Waals surface area contributed by atoms with Gasteiger partial charge in [-0.2, -0.15) is 11.8 Å². The van der Waals surface area contributed by atoms with Crippen LogP contribution in [-0.2, 0) is 6.54 Å². The first-order chi connectivity index (χ1) is 9.10. The maximum Gasteiger partial charge on any atom is 0.123 e. The Balaban J connectivity index is 2.17. The first-order valence-electron chi connectivity index (χ1n) is 6.41. The average molecular weight is 296 g/mol. The first kappa shape index (κ1) is 14.6. The third kappa shape index (κ3) is 3.84. The van der Waals surface area contributed by atoms with Gasteiger partial charge in [-0.1, -0.05) is 19.1 Å². The highest BCUT2D eigenvalue weighted by Crippen LogP contribution is 2.25. The lowest BCUT2D eigenvalue weighted by molar-refractivity contribution is 0.273. The van der Waals surface area contributed by atoms with E-state index < -0.39 is 0 Å². The number of benzene rings is 1. The molecule has 0 bridgehead atoms. The highest BCUT2D eigenvalue weighted by atomic mass is 32.2. The Morgan fingerprint density at radius 3 is 3.00 bits per heavy atom. The molecule has 1 aliphatic rings. The van der Waals surface area contributed by atoms with Crippen molar-refractivity contribution in [2.45, 2.75) is 18.7 Å². The molecule has 5 heteroatoms. The van der Waals surface area contributed by atoms with Crippen molar-refractivity contribution in [3.63, 3.8) is 0 Å². The van der Waals surface area contributed by atoms with Gasteiger partial charge in [-0.15, -0.1) is 0 Å². The molecule has 3 nitrogen and oxygen atoms in total. The van der Waals surface area contributed by atoms with Crippen molar-refractivity contribution in [2.75, 3.05) is 26.0 Å². The van der Waals surface area contributed by atoms with Crippen molar-refractivity contribution in [3.8, 4) is 5.75 Å². The lowest BCUT2D eigenvalue weighted by Crippen LogP contribution is -2.36. The summed E-state index contributed by atoms with van der Waals surface area (Å²) in [7, 11) is 1.70. The lowest BCUT2D eigenvalue weighted by atomic mass is 10.1. The third-order valence-electron chi connectivity index (χ3n) is 3.28. The van der Waals surface area contributed by atoms with E-state index in [1.165, 1.54) is 5.75 Å². The van der Waals surface area contributed by atoms with E-state index in [9.17, 15) is 0 Å². The van der Waals surface area contributed by atoms with Crippen LogP contribution in [0.3, 0.4) is 0 Å². The van der Waals surface area contributed by atoms with Crippen LogP contribution in [-0.4, -0.2) is 41.1 Å². The zero-order valence-corrected chi connectivity index (χ0v) is 13.0. The number of hydrogen-bond acceptors (Lipinski definition) is 4. The van der Waals surface area contributed by atoms with Gasteiger partial charge in [-0.25, -0.2) is 0 Å². The fourth-order valence-corrected chi connectivity index (χ4v) is 3.54. The van der Waals surface area contributed by atoms with Gasteiger partial charge < -0.3 is 10.5 Å². The number of methoxy groups -OCH3 is 1. The van der Waals surface area contributed by atoms with Gasteiger partial charge in [0.05, 0.1) is 7.11 Å². The van der Waals surface area contributed by atoms with Crippen LogP contribution in [0.15, 0.2) is 18.2 Å². The summed E-state index contributed by atoms with van der Waals surface area (Å²) in [5.74, 6) is 2.10. The van der Waals surface area contributed by atoms with Crippen molar-refractivity contribution in [1.82, 2.24) is 4.90 Å². The Hall–Kier alpha value is -0.780. The van der Waals surface area contributed by atoms with Gasteiger partial charge in [0.25, 0.3) is 0 Å². The first-order valence-corrected chi connectivity index (χ1v) is 7.86. The van der Waals surface area contributed by atoms with Crippen LogP contribution >= 0.6 is 24.0 Å². The second-order valence-electron chi connectivity index (χ2n) is 4.81. The number of nitrogens with zero attached hydrogens (tertiary/aromatic N) is 1. The summed E-state index contributed by atoms with van der Waals surface area (Å²) in [4.78, 5) is 2.90. The van der Waals surface area contributed by atoms with Gasteiger partial charge >= 0.3 is 0 Å². The SMILES string of the molecule is COc1ccc(C(N)=S)cc1CN1CCSC(C)C1. The molecule has 0 aromatic heterocycles. The molecule has 1 aromatic carbocycles. The molecule has 2 N–H and O–H groups in total. The minimum absolute atomic E-state index is 0.437. The molecule has 0 radical (unpaired) electrons. The van der Waals surface area contributed by atoms with Gasteiger partial charge in [0.2, 0.25) is 0 Å². The fraction of sp³-hybridized carbons (Fsp3) is 0.500. The maximum atomic E-state index is 5.70. The Kier molecular flexibility index (Phi) is 5.07. The Morgan fingerprint density at radius 2 is 2.37 bits per heavy atom. The quantitative estimate of drug-likeness (QED) is 0.863. The Bertz CT molecular complexity index is 465. The number of nitrogens with two attached hydrogens (primary N) is 1. The maximum absolute atomic E-state index is 5.70. The van der Waals surface area contributed by atoms with Crippen molar-refractivity contribution >= 4 is 29.0 Å². The second kappa shape index (κ2) is 6.59. The molecule has 19 heavy (non-hydrogen) atoms. The smallest absolute Gasteiger partial charge is 0.123 e. The third-order valence-corrected chi connectivity index (χ3v) is 4.66. The summed E-state index contributed by atoms with van der Waals surface area (Å²) in [6.07, 6.45) is 0. The molecule has 1 aliphatic heterocycles. The molecular weight excluding hydrogens is 276 g/mol. The van der Waals surface area contributed by atoms with Crippen molar-refractivity contribution in [2.24, 2.45) is 5.73 Å². The van der Waals surface area contributed by atoms with Gasteiger partial charge in [0.15, 0.2) is 0 Å². The van der Waals surface area contributed by atoms with Crippen molar-refractivity contribution < 1.29 is 4.74 Å². The summed E-state index contributed by atoms with van der Waals surface area (Å²) < 4.78 is 5.43. The van der Waals surface area contributed by atoms with Gasteiger partial charge in [0.1, 0.15) is 10.7 Å². The van der Waals surface area contributed by atoms with E-state index in [0.29, 0.717) is 10.2 Å². The van der Waals surface area contributed by atoms with Crippen LogP contribution in [0.4, 0.5) is 0 Å². The number of ether oxygens (including phenoxy) is 1. The molecule has 1 unspecified atom stereocenters. The van der Waals surface area contributed by atoms with E-state index in [-0.39, 0.29) is 0 Å². The molecule has 1 aromatic rings. The molecule has 2 rings (SSSR count). The monoisotopic (exact) mass is 296 g/mol. The number of thioether (sulfide) groups is 1. The predicted molar refractivity (Wildman–Crippen MR) is 86.1 cm³/mol. The molecule has 1 fully saturated rings. The minimum atomic E-state index is 0.437. The summed E-state index contributed by atoms with van der Waals surface area (Å²) in [5.41, 5.74) is 7.77. The second-order valence-corrected chi connectivity index (χ2v) is 6.79. The standard InChI is InChI=1S/C14H20N2OS2/c1-10-8-16(5-6-19-10)9-12-7-11(14(15)18)3-4-13(12)17-2/h3-4,7,10H,5-6,8-9H2,1-2H3,(H2,15,18). The van der Waals surface area contributed by atoms with Crippen LogP contribution in [0.25, 0.3) is 0 Å². The summed E-state index contributed by atoms with van der Waals surface area (Å²) in [5, 5.41) is 0.693. The topological polar surface area (TPSA) is 38.5 Å². The molecule has 104 valence electrons. The normalized spacial score (nSPS) is 20.2. The predicted octanol–water partition coefficient (Wildman–Crippen LogP) is 2.27. The van der Waals surface area contributed by atoms with E-state index in [1.807, 2.05) is 30.0 Å². The Labute approximate surface area is 124 Å². The van der Waals surface area contributed by atoms with E-state index >= 15 is 0 Å². The molecule has 0 aliphatic carbocycles. The molecule has 0 spiro atoms. The Morgan fingerprint density at radius 1 is 1.58 bits per heavy atom. The highest BCUT2D eigenvalue weighted by molar-refractivity contribution is 7.99. The van der Waals surface area contributed by atoms with E-state index in [0.717, 1.165) is 36.5 Å². The molecule has 0 amide bonds. The van der Waals surface area contributed by atoms with E-state index in [4.69, 9.17) is 22.7 Å². The number of thiocarbonyl (C=S) groups is 1. The van der Waals surface area contributed by atoms with Crippen LogP contribution in [0.1, 0.15) is 18.1 Å². The zero-order valence-electron chi connectivity index (χ0n) is 11.4. The van der Waals surface area contributed by atoms with Crippen LogP contribution < -0.4 is 10.5 Å². The van der Waals surface area contributed by atoms with Crippen molar-refractivity contribution in [3.05, 3.63) is 29.3 Å². The number of rotatable bonds is 4. The zero-order chi connectivity index (χ0) is 13.8. The van der Waals surface area contributed by atoms with E-state index in [2.05, 4.69) is 11.8 Å². The van der Waals surface area contributed by atoms with E-state index in [1.54, 1.807) is 7.11 Å². The average Bonchev–Trinajstić information content (AvgIpc) is 2.38. The molecule has 1 heterocycles. The lowest BCUT2D eigenvalue weighted by Gasteiger charge is -2.30. The molecule has 0 saturated carbocycles. The van der Waals surface area contributed by atoms with Crippen LogP contribution in [0, 0.1) is 0 Å². The molecule has 1 atom stereocenters. The highest BCUT2D eigenvalue weighted by Gasteiger charge is 2.18. The van der Waals surface area contributed by atoms with Gasteiger partial charge in [0, 0.05) is 41.8 Å². The van der Waals surface area contributed by atoms with Crippen molar-refractivity contribution in [1.29, 1.82) is 0 Å².